The van der Waals surface area contributed by atoms with Crippen LogP contribution in [-0.4, -0.2) is 86.8 Å². The highest BCUT2D eigenvalue weighted by Crippen LogP contribution is 2.46. The number of rotatable bonds is 20. The van der Waals surface area contributed by atoms with Crippen LogP contribution in [0.4, 0.5) is 10.5 Å². The fourth-order valence-corrected chi connectivity index (χ4v) is 6.76. The summed E-state index contributed by atoms with van der Waals surface area (Å²) in [4.78, 5) is 15.6. The van der Waals surface area contributed by atoms with Gasteiger partial charge in [-0.05, 0) is 70.5 Å². The van der Waals surface area contributed by atoms with E-state index in [2.05, 4.69) is 22.5 Å². The van der Waals surface area contributed by atoms with Crippen LogP contribution in [0.5, 0.6) is 0 Å². The quantitative estimate of drug-likeness (QED) is 0.140. The lowest BCUT2D eigenvalue weighted by Gasteiger charge is -2.29. The Labute approximate surface area is 276 Å². The Balaban J connectivity index is 1.29. The molecule has 4 rings (SSSR count). The first-order chi connectivity index (χ1) is 21.8. The van der Waals surface area contributed by atoms with Crippen LogP contribution in [0.2, 0.25) is 5.02 Å². The molecule has 1 amide bonds. The summed E-state index contributed by atoms with van der Waals surface area (Å²) in [5, 5.41) is 6.93. The maximum atomic E-state index is 13.1. The van der Waals surface area contributed by atoms with Gasteiger partial charge in [-0.25, -0.2) is 4.79 Å². The average Bonchev–Trinajstić information content (AvgIpc) is 3.43. The van der Waals surface area contributed by atoms with Crippen LogP contribution in [0.25, 0.3) is 0 Å². The smallest absolute Gasteiger partial charge is 0.412 e. The van der Waals surface area contributed by atoms with Crippen molar-refractivity contribution in [2.45, 2.75) is 134 Å². The summed E-state index contributed by atoms with van der Waals surface area (Å²) >= 11 is 6.01. The summed E-state index contributed by atoms with van der Waals surface area (Å²) in [6, 6.07) is 6.91. The number of carbonyl (C=O) groups is 1. The fourth-order valence-electron chi connectivity index (χ4n) is 6.64. The number of nitrogens with one attached hydrogen (secondary N) is 2. The maximum absolute atomic E-state index is 13.1. The van der Waals surface area contributed by atoms with Crippen molar-refractivity contribution in [1.29, 1.82) is 0 Å². The van der Waals surface area contributed by atoms with Crippen LogP contribution in [0.1, 0.15) is 104 Å². The molecule has 256 valence electrons. The summed E-state index contributed by atoms with van der Waals surface area (Å²) < 4.78 is 31.6. The first kappa shape index (κ1) is 36.4. The Hall–Kier alpha value is -1.46. The third-order valence-electron chi connectivity index (χ3n) is 8.96. The van der Waals surface area contributed by atoms with Crippen LogP contribution in [0.15, 0.2) is 24.3 Å². The van der Waals surface area contributed by atoms with Crippen LogP contribution in [0.3, 0.4) is 0 Å². The Morgan fingerprint density at radius 2 is 1.62 bits per heavy atom. The van der Waals surface area contributed by atoms with E-state index in [1.807, 2.05) is 13.8 Å². The van der Waals surface area contributed by atoms with E-state index in [-0.39, 0.29) is 6.61 Å². The second-order valence-electron chi connectivity index (χ2n) is 13.4. The van der Waals surface area contributed by atoms with E-state index in [9.17, 15) is 4.79 Å². The van der Waals surface area contributed by atoms with Gasteiger partial charge < -0.3 is 33.9 Å². The normalized spacial score (nSPS) is 26.2. The van der Waals surface area contributed by atoms with E-state index in [1.54, 1.807) is 24.3 Å². The number of amides is 1. The zero-order chi connectivity index (χ0) is 32.0. The molecule has 9 nitrogen and oxygen atoms in total. The first-order valence-electron chi connectivity index (χ1n) is 17.6. The summed E-state index contributed by atoms with van der Waals surface area (Å²) in [6.07, 6.45) is 14.2. The monoisotopic (exact) mass is 651 g/mol. The van der Waals surface area contributed by atoms with Gasteiger partial charge in [0, 0.05) is 37.0 Å². The second kappa shape index (κ2) is 18.8. The van der Waals surface area contributed by atoms with Crippen molar-refractivity contribution in [3.8, 4) is 0 Å². The summed E-state index contributed by atoms with van der Waals surface area (Å²) in [5.41, 5.74) is 0.592. The predicted molar refractivity (Wildman–Crippen MR) is 179 cm³/mol. The molecule has 3 heterocycles. The number of nitrogens with zero attached hydrogens (tertiary/aromatic N) is 1. The standard InChI is InChI=1S/C35H58ClN3O6/c1-4-5-6-7-8-9-10-11-12-16-25-41-27-35-32(44-34(2,3)45-35)31(42-33(40)38-29-19-17-28(36)18-20-29)30(43-35)26-37-21-24-39-22-14-13-15-23-39/h17-20,30-32,37H,4-16,21-27H2,1-3H3,(H,38,40)/t30-,31+,32-,35-/m0/s1. The average molecular weight is 652 g/mol. The molecule has 3 saturated heterocycles. The Bertz CT molecular complexity index is 992. The zero-order valence-electron chi connectivity index (χ0n) is 28.0. The van der Waals surface area contributed by atoms with Crippen molar-refractivity contribution in [1.82, 2.24) is 10.2 Å². The molecule has 0 spiro atoms. The summed E-state index contributed by atoms with van der Waals surface area (Å²) in [7, 11) is 0. The zero-order valence-corrected chi connectivity index (χ0v) is 28.7. The molecular weight excluding hydrogens is 594 g/mol. The van der Waals surface area contributed by atoms with E-state index < -0.39 is 36.0 Å². The highest BCUT2D eigenvalue weighted by atomic mass is 35.5. The lowest BCUT2D eigenvalue weighted by Crippen LogP contribution is -2.46. The van der Waals surface area contributed by atoms with Crippen LogP contribution in [-0.2, 0) is 23.7 Å². The number of hydrogen-bond acceptors (Lipinski definition) is 8. The van der Waals surface area contributed by atoms with Crippen molar-refractivity contribution in [3.05, 3.63) is 29.3 Å². The number of unbranched alkanes of at least 4 members (excludes halogenated alkanes) is 9. The third-order valence-corrected chi connectivity index (χ3v) is 9.21. The second-order valence-corrected chi connectivity index (χ2v) is 13.8. The molecule has 0 bridgehead atoms. The van der Waals surface area contributed by atoms with Crippen LogP contribution < -0.4 is 10.6 Å². The number of fused-ring (bicyclic) bond motifs is 1. The molecule has 0 saturated carbocycles. The fraction of sp³-hybridized carbons (Fsp3) is 0.800. The van der Waals surface area contributed by atoms with Gasteiger partial charge in [0.2, 0.25) is 5.79 Å². The molecule has 3 fully saturated rings. The lowest BCUT2D eigenvalue weighted by atomic mass is 10.1. The van der Waals surface area contributed by atoms with Gasteiger partial charge in [-0.3, -0.25) is 5.32 Å². The van der Waals surface area contributed by atoms with Gasteiger partial charge in [-0.1, -0.05) is 82.7 Å². The van der Waals surface area contributed by atoms with Gasteiger partial charge in [0.1, 0.15) is 12.7 Å². The molecule has 1 aromatic rings. The van der Waals surface area contributed by atoms with Gasteiger partial charge >= 0.3 is 6.09 Å². The Morgan fingerprint density at radius 1 is 0.956 bits per heavy atom. The minimum atomic E-state index is -1.16. The SMILES string of the molecule is CCCCCCCCCCCCOC[C@@]12O[C@@H](CNCCN3CCCCC3)[C@@H](OC(=O)Nc3ccc(Cl)cc3)[C@@H]1OC(C)(C)O2. The van der Waals surface area contributed by atoms with Gasteiger partial charge in [0.05, 0.1) is 0 Å². The van der Waals surface area contributed by atoms with E-state index in [4.69, 9.17) is 35.3 Å². The molecule has 1 aromatic carbocycles. The van der Waals surface area contributed by atoms with Gasteiger partial charge in [0.15, 0.2) is 18.0 Å². The number of anilines is 1. The van der Waals surface area contributed by atoms with Gasteiger partial charge in [0.25, 0.3) is 0 Å². The van der Waals surface area contributed by atoms with Crippen molar-refractivity contribution >= 4 is 23.4 Å². The van der Waals surface area contributed by atoms with E-state index in [1.165, 1.54) is 70.6 Å². The minimum Gasteiger partial charge on any atom is -0.440 e. The topological polar surface area (TPSA) is 90.5 Å². The largest absolute Gasteiger partial charge is 0.440 e. The van der Waals surface area contributed by atoms with Gasteiger partial charge in [-0.2, -0.15) is 0 Å². The molecule has 2 N–H and O–H groups in total. The van der Waals surface area contributed by atoms with Crippen LogP contribution in [0, 0.1) is 0 Å². The maximum Gasteiger partial charge on any atom is 0.412 e. The number of halogens is 1. The highest BCUT2D eigenvalue weighted by molar-refractivity contribution is 6.30. The number of ether oxygens (including phenoxy) is 5. The molecule has 0 unspecified atom stereocenters. The summed E-state index contributed by atoms with van der Waals surface area (Å²) in [6.45, 7) is 11.4. The first-order valence-corrected chi connectivity index (χ1v) is 18.0. The van der Waals surface area contributed by atoms with Crippen LogP contribution >= 0.6 is 11.6 Å². The minimum absolute atomic E-state index is 0.210. The Kier molecular flexibility index (Phi) is 15.2. The van der Waals surface area contributed by atoms with E-state index in [0.29, 0.717) is 23.9 Å². The van der Waals surface area contributed by atoms with E-state index in [0.717, 1.165) is 39.0 Å². The molecule has 3 aliphatic rings. The Morgan fingerprint density at radius 3 is 2.31 bits per heavy atom. The van der Waals surface area contributed by atoms with Crippen molar-refractivity contribution < 1.29 is 28.5 Å². The van der Waals surface area contributed by atoms with Crippen molar-refractivity contribution in [2.24, 2.45) is 0 Å². The number of benzene rings is 1. The molecule has 4 atom stereocenters. The van der Waals surface area contributed by atoms with Gasteiger partial charge in [-0.15, -0.1) is 0 Å². The highest BCUT2D eigenvalue weighted by Gasteiger charge is 2.66. The number of carbonyl (C=O) groups excluding carboxylic acids is 1. The summed E-state index contributed by atoms with van der Waals surface area (Å²) in [5.74, 6) is -2.07. The molecule has 45 heavy (non-hydrogen) atoms. The molecule has 0 aliphatic carbocycles. The number of likely N-dealkylation sites (tertiary alicyclic amines) is 1. The number of piperidine rings is 1. The molecule has 0 radical (unpaired) electrons. The molecular formula is C35H58ClN3O6. The predicted octanol–water partition coefficient (Wildman–Crippen LogP) is 7.52. The van der Waals surface area contributed by atoms with Crippen molar-refractivity contribution in [2.75, 3.05) is 51.3 Å². The third kappa shape index (κ3) is 11.9. The molecule has 0 aromatic heterocycles. The lowest BCUT2D eigenvalue weighted by molar-refractivity contribution is -0.277. The number of hydrogen-bond donors (Lipinski definition) is 2. The van der Waals surface area contributed by atoms with Crippen molar-refractivity contribution in [3.63, 3.8) is 0 Å². The molecule has 3 aliphatic heterocycles. The molecule has 10 heteroatoms. The van der Waals surface area contributed by atoms with E-state index >= 15 is 0 Å².